The lowest BCUT2D eigenvalue weighted by atomic mass is 9.94. The fourth-order valence-corrected chi connectivity index (χ4v) is 8.34. The van der Waals surface area contributed by atoms with Gasteiger partial charge in [0.1, 0.15) is 29.6 Å². The van der Waals surface area contributed by atoms with Crippen molar-refractivity contribution in [3.05, 3.63) is 82.3 Å². The van der Waals surface area contributed by atoms with Crippen molar-refractivity contribution in [1.29, 1.82) is 0 Å². The average molecular weight is 756 g/mol. The number of aliphatic hydroxyl groups is 1. The second kappa shape index (κ2) is 12.4. The third kappa shape index (κ3) is 6.22. The summed E-state index contributed by atoms with van der Waals surface area (Å²) in [4.78, 5) is 25.3. The van der Waals surface area contributed by atoms with Crippen molar-refractivity contribution in [2.45, 2.75) is 56.7 Å². The molecule has 1 atom stereocenters. The zero-order valence-corrected chi connectivity index (χ0v) is 29.0. The number of thiazole rings is 1. The SMILES string of the molecule is Cn1nc(N)c2cccc(-c3cc4sc(N5CC(C)(O)C5)nc4nc3C(Cc3cc(F)cc(F)c3)NC(=O)Cn3nc(C(F)F)c4c3C(F)(F)CC4)c21. The second-order valence-corrected chi connectivity index (χ2v) is 14.8. The van der Waals surface area contributed by atoms with Gasteiger partial charge in [0.2, 0.25) is 5.91 Å². The van der Waals surface area contributed by atoms with Crippen molar-refractivity contribution in [3.8, 4) is 11.1 Å². The molecule has 6 aromatic rings. The predicted octanol–water partition coefficient (Wildman–Crippen LogP) is 5.95. The number of amides is 1. The standard InChI is InChI=1S/C35H31F6N9O2S/c1-34(52)14-49(15-34)33-45-32-24(53-33)12-22(19-4-3-5-21-28(19)48(2)47-31(21)42)26(44-32)23(10-16-8-17(36)11-18(37)9-16)43-25(51)13-50-29-20(6-7-35(29,40)41)27(46-50)30(38)39/h3-5,8-9,11-12,23,30,52H,6-7,10,13-15H2,1-2H3,(H2,42,47)(H,43,51). The molecule has 0 bridgehead atoms. The number of alkyl halides is 4. The van der Waals surface area contributed by atoms with Gasteiger partial charge in [-0.15, -0.1) is 0 Å². The number of nitrogen functional groups attached to an aromatic ring is 1. The molecule has 11 nitrogen and oxygen atoms in total. The molecule has 4 N–H and O–H groups in total. The number of hydrogen-bond acceptors (Lipinski definition) is 9. The predicted molar refractivity (Wildman–Crippen MR) is 185 cm³/mol. The molecule has 2 aromatic carbocycles. The van der Waals surface area contributed by atoms with Gasteiger partial charge in [0.25, 0.3) is 12.3 Å². The normalized spacial score (nSPS) is 16.8. The molecule has 2 aliphatic rings. The van der Waals surface area contributed by atoms with E-state index in [4.69, 9.17) is 15.7 Å². The minimum Gasteiger partial charge on any atom is -0.386 e. The van der Waals surface area contributed by atoms with Gasteiger partial charge in [0, 0.05) is 41.6 Å². The molecular formula is C35H31F6N9O2S. The van der Waals surface area contributed by atoms with E-state index in [1.165, 1.54) is 11.3 Å². The number of benzene rings is 2. The first-order valence-electron chi connectivity index (χ1n) is 16.6. The molecule has 0 saturated carbocycles. The third-order valence-corrected chi connectivity index (χ3v) is 10.6. The minimum atomic E-state index is -3.48. The zero-order chi connectivity index (χ0) is 37.6. The van der Waals surface area contributed by atoms with Crippen LogP contribution >= 0.6 is 11.3 Å². The van der Waals surface area contributed by atoms with Crippen LogP contribution in [0.2, 0.25) is 0 Å². The maximum Gasteiger partial charge on any atom is 0.290 e. The molecule has 276 valence electrons. The summed E-state index contributed by atoms with van der Waals surface area (Å²) in [5, 5.41) is 22.4. The first-order chi connectivity index (χ1) is 25.1. The Hall–Kier alpha value is -5.23. The Morgan fingerprint density at radius 1 is 1.06 bits per heavy atom. The Kier molecular flexibility index (Phi) is 8.17. The van der Waals surface area contributed by atoms with Gasteiger partial charge in [0.15, 0.2) is 16.6 Å². The molecule has 1 unspecified atom stereocenters. The molecule has 4 aromatic heterocycles. The number of nitrogens with zero attached hydrogens (tertiary/aromatic N) is 7. The molecule has 1 saturated heterocycles. The van der Waals surface area contributed by atoms with E-state index in [1.54, 1.807) is 36.9 Å². The van der Waals surface area contributed by atoms with E-state index >= 15 is 0 Å². The summed E-state index contributed by atoms with van der Waals surface area (Å²) >= 11 is 1.33. The number of pyridine rings is 1. The van der Waals surface area contributed by atoms with Crippen LogP contribution in [0.1, 0.15) is 54.0 Å². The van der Waals surface area contributed by atoms with Crippen molar-refractivity contribution in [2.24, 2.45) is 7.05 Å². The quantitative estimate of drug-likeness (QED) is 0.154. The van der Waals surface area contributed by atoms with Crippen molar-refractivity contribution in [3.63, 3.8) is 0 Å². The third-order valence-electron chi connectivity index (χ3n) is 9.56. The number of anilines is 2. The molecule has 8 rings (SSSR count). The lowest BCUT2D eigenvalue weighted by molar-refractivity contribution is -0.122. The summed E-state index contributed by atoms with van der Waals surface area (Å²) in [6.07, 6.45) is -4.38. The van der Waals surface area contributed by atoms with Gasteiger partial charge in [0.05, 0.1) is 40.6 Å². The monoisotopic (exact) mass is 755 g/mol. The summed E-state index contributed by atoms with van der Waals surface area (Å²) in [6, 6.07) is 8.88. The number of nitrogens with one attached hydrogen (secondary N) is 1. The highest BCUT2D eigenvalue weighted by atomic mass is 32.1. The van der Waals surface area contributed by atoms with Crippen LogP contribution in [0.3, 0.4) is 0 Å². The van der Waals surface area contributed by atoms with Crippen molar-refractivity contribution < 1.29 is 36.2 Å². The minimum absolute atomic E-state index is 0.136. The number of nitrogens with two attached hydrogens (primary N) is 1. The van der Waals surface area contributed by atoms with E-state index in [-0.39, 0.29) is 41.1 Å². The van der Waals surface area contributed by atoms with E-state index in [2.05, 4.69) is 15.5 Å². The van der Waals surface area contributed by atoms with Crippen LogP contribution in [-0.4, -0.2) is 59.2 Å². The highest BCUT2D eigenvalue weighted by Gasteiger charge is 2.46. The number of para-hydroxylation sites is 1. The zero-order valence-electron chi connectivity index (χ0n) is 28.2. The highest BCUT2D eigenvalue weighted by Crippen LogP contribution is 2.45. The number of aryl methyl sites for hydroxylation is 1. The lowest BCUT2D eigenvalue weighted by Gasteiger charge is -2.43. The Morgan fingerprint density at radius 2 is 1.79 bits per heavy atom. The Morgan fingerprint density at radius 3 is 2.49 bits per heavy atom. The molecule has 0 spiro atoms. The first kappa shape index (κ1) is 34.8. The van der Waals surface area contributed by atoms with Gasteiger partial charge in [-0.2, -0.15) is 24.0 Å². The molecule has 0 radical (unpaired) electrons. The first-order valence-corrected chi connectivity index (χ1v) is 17.4. The van der Waals surface area contributed by atoms with Crippen molar-refractivity contribution in [2.75, 3.05) is 23.7 Å². The van der Waals surface area contributed by atoms with Gasteiger partial charge in [-0.25, -0.2) is 22.5 Å². The van der Waals surface area contributed by atoms with Crippen molar-refractivity contribution >= 4 is 49.4 Å². The summed E-state index contributed by atoms with van der Waals surface area (Å²) in [5.74, 6) is -5.85. The summed E-state index contributed by atoms with van der Waals surface area (Å²) in [7, 11) is 1.70. The number of hydrogen-bond donors (Lipinski definition) is 3. The summed E-state index contributed by atoms with van der Waals surface area (Å²) in [6.45, 7) is 1.54. The smallest absolute Gasteiger partial charge is 0.290 e. The maximum absolute atomic E-state index is 14.9. The number of fused-ring (bicyclic) bond motifs is 3. The van der Waals surface area contributed by atoms with Gasteiger partial charge in [-0.3, -0.25) is 14.2 Å². The maximum atomic E-state index is 14.9. The number of carbonyl (C=O) groups excluding carboxylic acids is 1. The fourth-order valence-electron chi connectivity index (χ4n) is 7.40. The number of halogens is 6. The van der Waals surface area contributed by atoms with Crippen molar-refractivity contribution in [1.82, 2.24) is 34.8 Å². The molecule has 1 aliphatic carbocycles. The molecule has 1 aliphatic heterocycles. The van der Waals surface area contributed by atoms with E-state index in [0.29, 0.717) is 55.7 Å². The number of aromatic nitrogens is 6. The number of carbonyl (C=O) groups is 1. The molecule has 1 fully saturated rings. The van der Waals surface area contributed by atoms with Crippen LogP contribution in [0, 0.1) is 11.6 Å². The fraction of sp³-hybridized carbons (Fsp3) is 0.343. The van der Waals surface area contributed by atoms with Crippen LogP contribution in [-0.2, 0) is 37.2 Å². The number of β-amino-alcohol motifs (C(OH)–C–C–N with tert-alkyl or cyclic N) is 1. The Labute approximate surface area is 301 Å². The molecule has 5 heterocycles. The van der Waals surface area contributed by atoms with Gasteiger partial charge >= 0.3 is 0 Å². The number of rotatable bonds is 9. The molecule has 18 heteroatoms. The van der Waals surface area contributed by atoms with Gasteiger partial charge < -0.3 is 21.1 Å². The van der Waals surface area contributed by atoms with Gasteiger partial charge in [-0.05, 0) is 49.6 Å². The van der Waals surface area contributed by atoms with Crippen LogP contribution in [0.25, 0.3) is 32.4 Å². The summed E-state index contributed by atoms with van der Waals surface area (Å²) < 4.78 is 89.4. The molecular weight excluding hydrogens is 725 g/mol. The van der Waals surface area contributed by atoms with Crippen LogP contribution < -0.4 is 16.0 Å². The second-order valence-electron chi connectivity index (χ2n) is 13.8. The van der Waals surface area contributed by atoms with E-state index in [1.807, 2.05) is 11.0 Å². The Bertz CT molecular complexity index is 2410. The van der Waals surface area contributed by atoms with Crippen LogP contribution in [0.15, 0.2) is 42.5 Å². The van der Waals surface area contributed by atoms with Crippen LogP contribution in [0.5, 0.6) is 0 Å². The van der Waals surface area contributed by atoms with E-state index in [0.717, 1.165) is 12.1 Å². The van der Waals surface area contributed by atoms with E-state index < -0.39 is 65.9 Å². The summed E-state index contributed by atoms with van der Waals surface area (Å²) in [5.41, 5.74) is 5.81. The Balaban J connectivity index is 1.27. The van der Waals surface area contributed by atoms with Crippen LogP contribution in [0.4, 0.5) is 37.3 Å². The topological polar surface area (TPSA) is 140 Å². The lowest BCUT2D eigenvalue weighted by Crippen LogP contribution is -2.60. The van der Waals surface area contributed by atoms with Gasteiger partial charge in [-0.1, -0.05) is 23.5 Å². The largest absolute Gasteiger partial charge is 0.386 e. The molecule has 1 amide bonds. The average Bonchev–Trinajstić information content (AvgIpc) is 3.80. The highest BCUT2D eigenvalue weighted by molar-refractivity contribution is 7.22. The molecule has 53 heavy (non-hydrogen) atoms. The van der Waals surface area contributed by atoms with E-state index in [9.17, 15) is 36.2 Å².